The summed E-state index contributed by atoms with van der Waals surface area (Å²) < 4.78 is 18.7. The standard InChI is InChI=1S/C28H36O4/c1-7-11-30-18-23-17-28(32-27-14-22(6)26(29)15-25(23)27)16-21(5)13-24(31-28)12-20(4)10-8-9-19(2)3/h1,9,12,14,16-17,24-25,27H,8,10-11,13,15,18H2,2-6H3/t24-,25-,27-,28+/m1/s1. The Bertz CT molecular complexity index is 920. The van der Waals surface area contributed by atoms with Crippen molar-refractivity contribution < 1.29 is 19.0 Å². The molecule has 2 aliphatic heterocycles. The highest BCUT2D eigenvalue weighted by Crippen LogP contribution is 2.42. The average Bonchev–Trinajstić information content (AvgIpc) is 2.68. The van der Waals surface area contributed by atoms with Crippen LogP contribution >= 0.6 is 0 Å². The molecule has 0 unspecified atom stereocenters. The van der Waals surface area contributed by atoms with Crippen LogP contribution in [0, 0.1) is 18.3 Å². The molecule has 4 heteroatoms. The van der Waals surface area contributed by atoms with Gasteiger partial charge in [0, 0.05) is 12.3 Å². The first kappa shape index (κ1) is 24.5. The van der Waals surface area contributed by atoms with Crippen LogP contribution in [-0.4, -0.2) is 37.0 Å². The van der Waals surface area contributed by atoms with Crippen molar-refractivity contribution in [3.8, 4) is 12.3 Å². The van der Waals surface area contributed by atoms with Crippen LogP contribution in [-0.2, 0) is 19.0 Å². The van der Waals surface area contributed by atoms with Crippen molar-refractivity contribution in [1.82, 2.24) is 0 Å². The van der Waals surface area contributed by atoms with Crippen LogP contribution in [0.3, 0.4) is 0 Å². The Morgan fingerprint density at radius 2 is 2.03 bits per heavy atom. The molecule has 3 aliphatic rings. The molecular weight excluding hydrogens is 400 g/mol. The Kier molecular flexibility index (Phi) is 8.11. The van der Waals surface area contributed by atoms with E-state index >= 15 is 0 Å². The first-order valence-corrected chi connectivity index (χ1v) is 11.5. The van der Waals surface area contributed by atoms with Crippen LogP contribution in [0.2, 0.25) is 0 Å². The first-order chi connectivity index (χ1) is 15.2. The molecule has 2 heterocycles. The highest BCUT2D eigenvalue weighted by Gasteiger charge is 2.45. The highest BCUT2D eigenvalue weighted by molar-refractivity contribution is 5.96. The van der Waals surface area contributed by atoms with Crippen LogP contribution in [0.25, 0.3) is 0 Å². The van der Waals surface area contributed by atoms with Crippen molar-refractivity contribution in [2.24, 2.45) is 5.92 Å². The van der Waals surface area contributed by atoms with E-state index in [-0.39, 0.29) is 30.5 Å². The number of carbonyl (C=O) groups is 1. The topological polar surface area (TPSA) is 44.8 Å². The van der Waals surface area contributed by atoms with Gasteiger partial charge >= 0.3 is 0 Å². The number of hydrogen-bond donors (Lipinski definition) is 0. The third-order valence-corrected chi connectivity index (χ3v) is 6.16. The number of carbonyl (C=O) groups excluding carboxylic acids is 1. The minimum Gasteiger partial charge on any atom is -0.364 e. The lowest BCUT2D eigenvalue weighted by molar-refractivity contribution is -0.225. The number of ether oxygens (including phenoxy) is 3. The van der Waals surface area contributed by atoms with Crippen molar-refractivity contribution in [3.05, 3.63) is 58.2 Å². The number of allylic oxidation sites excluding steroid dienone is 4. The molecule has 0 aromatic rings. The quantitative estimate of drug-likeness (QED) is 0.295. The molecule has 4 nitrogen and oxygen atoms in total. The summed E-state index contributed by atoms with van der Waals surface area (Å²) in [5, 5.41) is 0. The molecule has 0 saturated heterocycles. The molecule has 0 amide bonds. The Balaban J connectivity index is 1.86. The van der Waals surface area contributed by atoms with Crippen LogP contribution in [0.5, 0.6) is 0 Å². The molecule has 1 aliphatic carbocycles. The zero-order chi connectivity index (χ0) is 23.3. The molecule has 3 rings (SSSR count). The number of hydrogen-bond acceptors (Lipinski definition) is 4. The van der Waals surface area contributed by atoms with E-state index in [1.54, 1.807) is 0 Å². The molecule has 1 spiro atoms. The van der Waals surface area contributed by atoms with Gasteiger partial charge in [0.15, 0.2) is 5.78 Å². The second kappa shape index (κ2) is 10.6. The normalized spacial score (nSPS) is 30.1. The third kappa shape index (κ3) is 6.19. The molecule has 0 saturated carbocycles. The average molecular weight is 437 g/mol. The van der Waals surface area contributed by atoms with E-state index in [0.717, 1.165) is 30.4 Å². The molecule has 0 N–H and O–H groups in total. The fraction of sp³-hybridized carbons (Fsp3) is 0.536. The third-order valence-electron chi connectivity index (χ3n) is 6.16. The van der Waals surface area contributed by atoms with Gasteiger partial charge in [0.2, 0.25) is 5.79 Å². The largest absolute Gasteiger partial charge is 0.364 e. The van der Waals surface area contributed by atoms with E-state index in [9.17, 15) is 4.79 Å². The lowest BCUT2D eigenvalue weighted by Gasteiger charge is -2.45. The maximum Gasteiger partial charge on any atom is 0.209 e. The van der Waals surface area contributed by atoms with Gasteiger partial charge in [-0.2, -0.15) is 0 Å². The maximum atomic E-state index is 12.4. The number of ketones is 1. The Labute approximate surface area is 193 Å². The summed E-state index contributed by atoms with van der Waals surface area (Å²) in [5.41, 5.74) is 5.64. The van der Waals surface area contributed by atoms with Crippen molar-refractivity contribution in [2.45, 2.75) is 78.3 Å². The molecular formula is C28H36O4. The van der Waals surface area contributed by atoms with Crippen molar-refractivity contribution in [1.29, 1.82) is 0 Å². The Hall–Kier alpha value is -2.19. The Morgan fingerprint density at radius 3 is 2.75 bits per heavy atom. The van der Waals surface area contributed by atoms with Gasteiger partial charge in [0.1, 0.15) is 6.61 Å². The number of fused-ring (bicyclic) bond motifs is 1. The molecule has 0 aromatic carbocycles. The summed E-state index contributed by atoms with van der Waals surface area (Å²) in [5.74, 6) is 1.65. The van der Waals surface area contributed by atoms with Crippen LogP contribution in [0.1, 0.15) is 60.3 Å². The van der Waals surface area contributed by atoms with Gasteiger partial charge in [-0.25, -0.2) is 0 Å². The van der Waals surface area contributed by atoms with E-state index in [2.05, 4.69) is 51.8 Å². The molecule has 0 fully saturated rings. The summed E-state index contributed by atoms with van der Waals surface area (Å²) in [6, 6.07) is 0. The Morgan fingerprint density at radius 1 is 1.25 bits per heavy atom. The van der Waals surface area contributed by atoms with Crippen molar-refractivity contribution in [3.63, 3.8) is 0 Å². The van der Waals surface area contributed by atoms with Gasteiger partial charge in [0.25, 0.3) is 0 Å². The van der Waals surface area contributed by atoms with Gasteiger partial charge in [-0.1, -0.05) is 34.8 Å². The van der Waals surface area contributed by atoms with E-state index in [1.165, 1.54) is 16.7 Å². The molecule has 0 aromatic heterocycles. The molecule has 0 bridgehead atoms. The highest BCUT2D eigenvalue weighted by atomic mass is 16.7. The summed E-state index contributed by atoms with van der Waals surface area (Å²) in [7, 11) is 0. The molecule has 4 atom stereocenters. The second-order valence-electron chi connectivity index (χ2n) is 9.49. The smallest absolute Gasteiger partial charge is 0.209 e. The monoisotopic (exact) mass is 436 g/mol. The van der Waals surface area contributed by atoms with Crippen molar-refractivity contribution in [2.75, 3.05) is 13.2 Å². The van der Waals surface area contributed by atoms with Gasteiger partial charge in [-0.05, 0) is 83.3 Å². The zero-order valence-electron chi connectivity index (χ0n) is 20.1. The summed E-state index contributed by atoms with van der Waals surface area (Å²) in [6.45, 7) is 11.0. The van der Waals surface area contributed by atoms with E-state index in [0.29, 0.717) is 13.0 Å². The number of Topliss-reactive ketones (excluding diaryl/α,β-unsaturated/α-hetero) is 1. The molecule has 0 radical (unpaired) electrons. The number of rotatable bonds is 7. The van der Waals surface area contributed by atoms with E-state index in [4.69, 9.17) is 20.6 Å². The van der Waals surface area contributed by atoms with E-state index < -0.39 is 5.79 Å². The van der Waals surface area contributed by atoms with Gasteiger partial charge in [-0.15, -0.1) is 6.42 Å². The molecule has 172 valence electrons. The van der Waals surface area contributed by atoms with Crippen LogP contribution in [0.15, 0.2) is 58.2 Å². The second-order valence-corrected chi connectivity index (χ2v) is 9.49. The molecule has 32 heavy (non-hydrogen) atoms. The zero-order valence-corrected chi connectivity index (χ0v) is 20.1. The lowest BCUT2D eigenvalue weighted by atomic mass is 9.79. The summed E-state index contributed by atoms with van der Waals surface area (Å²) in [4.78, 5) is 12.4. The van der Waals surface area contributed by atoms with E-state index in [1.807, 2.05) is 19.1 Å². The minimum absolute atomic E-state index is 0.0476. The predicted molar refractivity (Wildman–Crippen MR) is 128 cm³/mol. The van der Waals surface area contributed by atoms with Gasteiger partial charge in [0.05, 0.1) is 18.8 Å². The minimum atomic E-state index is -0.961. The van der Waals surface area contributed by atoms with Crippen LogP contribution < -0.4 is 0 Å². The summed E-state index contributed by atoms with van der Waals surface area (Å²) in [6.07, 6.45) is 18.9. The van der Waals surface area contributed by atoms with Crippen molar-refractivity contribution >= 4 is 5.78 Å². The summed E-state index contributed by atoms with van der Waals surface area (Å²) >= 11 is 0. The van der Waals surface area contributed by atoms with Gasteiger partial charge in [-0.3, -0.25) is 4.79 Å². The number of terminal acetylenes is 1. The predicted octanol–water partition coefficient (Wildman–Crippen LogP) is 5.62. The lowest BCUT2D eigenvalue weighted by Crippen LogP contribution is -2.49. The van der Waals surface area contributed by atoms with Gasteiger partial charge < -0.3 is 14.2 Å². The maximum absolute atomic E-state index is 12.4. The first-order valence-electron chi connectivity index (χ1n) is 11.5. The fourth-order valence-corrected chi connectivity index (χ4v) is 4.63. The fourth-order valence-electron chi connectivity index (χ4n) is 4.63. The SMILES string of the molecule is C#CCOCC1=C[C@]2(C=C(C)C[C@@H](C=C(C)CCC=C(C)C)O2)O[C@@H]2C=C(C)C(=O)C[C@H]12. The van der Waals surface area contributed by atoms with Crippen LogP contribution in [0.4, 0.5) is 0 Å².